The number of hydrogen-bond donors (Lipinski definition) is 1. The molecular formula is C24H43FNOP. The molecule has 1 unspecified atom stereocenters. The Kier molecular flexibility index (Phi) is 11.3. The molecule has 0 saturated carbocycles. The van der Waals surface area contributed by atoms with E-state index in [2.05, 4.69) is 33.0 Å². The summed E-state index contributed by atoms with van der Waals surface area (Å²) in [6.07, 6.45) is 12.0. The van der Waals surface area contributed by atoms with Crippen molar-refractivity contribution < 1.29 is 9.18 Å². The van der Waals surface area contributed by atoms with Gasteiger partial charge in [0.15, 0.2) is 0 Å². The van der Waals surface area contributed by atoms with Crippen molar-refractivity contribution in [3.63, 3.8) is 0 Å². The molecule has 0 aliphatic rings. The second-order valence-corrected chi connectivity index (χ2v) is 13.5. The van der Waals surface area contributed by atoms with Crippen LogP contribution >= 0.6 is 7.26 Å². The van der Waals surface area contributed by atoms with Crippen molar-refractivity contribution in [2.45, 2.75) is 92.1 Å². The predicted octanol–water partition coefficient (Wildman–Crippen LogP) is 7.31. The third-order valence-electron chi connectivity index (χ3n) is 6.29. The van der Waals surface area contributed by atoms with Crippen molar-refractivity contribution in [3.05, 3.63) is 29.1 Å². The number of hydrogen-bond acceptors (Lipinski definition) is 1. The third kappa shape index (κ3) is 6.83. The molecule has 0 fully saturated rings. The maximum atomic E-state index is 13.7. The van der Waals surface area contributed by atoms with Gasteiger partial charge in [-0.1, -0.05) is 0 Å². The number of carbonyl (C=O) groups excluding carboxylic acids is 1. The fourth-order valence-electron chi connectivity index (χ4n) is 4.70. The van der Waals surface area contributed by atoms with Crippen molar-refractivity contribution in [3.8, 4) is 0 Å². The molecule has 1 N–H and O–H groups in total. The zero-order valence-corrected chi connectivity index (χ0v) is 20.1. The normalized spacial score (nSPS) is 13.4. The van der Waals surface area contributed by atoms with Crippen molar-refractivity contribution >= 4 is 18.9 Å². The van der Waals surface area contributed by atoms with Crippen LogP contribution in [-0.2, 0) is 4.79 Å². The van der Waals surface area contributed by atoms with Gasteiger partial charge in [-0.2, -0.15) is 0 Å². The van der Waals surface area contributed by atoms with Gasteiger partial charge in [0, 0.05) is 0 Å². The van der Waals surface area contributed by atoms with Crippen LogP contribution in [0.15, 0.2) is 12.1 Å². The first-order valence-electron chi connectivity index (χ1n) is 11.4. The number of halogens is 1. The van der Waals surface area contributed by atoms with Crippen LogP contribution in [0, 0.1) is 19.7 Å². The van der Waals surface area contributed by atoms with Gasteiger partial charge < -0.3 is 0 Å². The predicted molar refractivity (Wildman–Crippen MR) is 126 cm³/mol. The van der Waals surface area contributed by atoms with Crippen LogP contribution in [0.4, 0.5) is 10.1 Å². The van der Waals surface area contributed by atoms with Crippen LogP contribution in [-0.4, -0.2) is 30.1 Å². The van der Waals surface area contributed by atoms with E-state index in [9.17, 15) is 9.18 Å². The summed E-state index contributed by atoms with van der Waals surface area (Å²) in [4.78, 5) is 13.5. The Bertz CT molecular complexity index is 572. The van der Waals surface area contributed by atoms with Gasteiger partial charge in [0.05, 0.1) is 0 Å². The topological polar surface area (TPSA) is 29.1 Å². The number of anilines is 1. The van der Waals surface area contributed by atoms with Crippen molar-refractivity contribution in [1.29, 1.82) is 0 Å². The second kappa shape index (κ2) is 12.6. The molecule has 0 spiro atoms. The molecule has 0 aromatic heterocycles. The average Bonchev–Trinajstić information content (AvgIpc) is 2.65. The van der Waals surface area contributed by atoms with E-state index in [1.807, 2.05) is 13.8 Å². The Balaban J connectivity index is 3.20. The van der Waals surface area contributed by atoms with Gasteiger partial charge in [0.2, 0.25) is 0 Å². The first kappa shape index (κ1) is 25.1. The van der Waals surface area contributed by atoms with Crippen LogP contribution in [0.2, 0.25) is 0 Å². The van der Waals surface area contributed by atoms with Crippen LogP contribution in [0.5, 0.6) is 0 Å². The molecule has 0 aliphatic heterocycles. The molecule has 0 radical (unpaired) electrons. The molecule has 0 saturated heterocycles. The van der Waals surface area contributed by atoms with E-state index in [0.29, 0.717) is 0 Å². The third-order valence-corrected chi connectivity index (χ3v) is 12.5. The van der Waals surface area contributed by atoms with Crippen molar-refractivity contribution in [2.24, 2.45) is 0 Å². The zero-order valence-electron chi connectivity index (χ0n) is 19.1. The molecule has 1 rings (SSSR count). The summed E-state index contributed by atoms with van der Waals surface area (Å²) in [6, 6.07) is 3.03. The van der Waals surface area contributed by atoms with Crippen molar-refractivity contribution in [2.75, 3.05) is 23.8 Å². The summed E-state index contributed by atoms with van der Waals surface area (Å²) in [5, 5.41) is 3.22. The van der Waals surface area contributed by atoms with E-state index < -0.39 is 7.26 Å². The van der Waals surface area contributed by atoms with Crippen LogP contribution in [0.25, 0.3) is 0 Å². The fraction of sp³-hybridized carbons (Fsp3) is 0.708. The van der Waals surface area contributed by atoms with E-state index >= 15 is 0 Å². The molecule has 2 nitrogen and oxygen atoms in total. The number of benzene rings is 1. The van der Waals surface area contributed by atoms with Gasteiger partial charge in [-0.15, -0.1) is 0 Å². The molecule has 0 bridgehead atoms. The van der Waals surface area contributed by atoms with E-state index in [0.717, 1.165) is 23.2 Å². The SMILES string of the molecule is CCCC[PH](CCCC)(CCCC)C(CC)C(=O)Nc1c(C)cc(F)cc1C. The second-order valence-electron chi connectivity index (χ2n) is 8.54. The van der Waals surface area contributed by atoms with Crippen LogP contribution < -0.4 is 5.32 Å². The number of nitrogens with one attached hydrogen (secondary N) is 1. The molecule has 0 heterocycles. The molecule has 162 valence electrons. The fourth-order valence-corrected chi connectivity index (χ4v) is 11.2. The van der Waals surface area contributed by atoms with Gasteiger partial charge in [-0.05, 0) is 0 Å². The van der Waals surface area contributed by atoms with Crippen molar-refractivity contribution in [1.82, 2.24) is 0 Å². The van der Waals surface area contributed by atoms with E-state index in [-0.39, 0.29) is 17.4 Å². The van der Waals surface area contributed by atoms with E-state index in [4.69, 9.17) is 0 Å². The summed E-state index contributed by atoms with van der Waals surface area (Å²) in [7, 11) is -1.74. The van der Waals surface area contributed by atoms with Gasteiger partial charge in [0.25, 0.3) is 0 Å². The minimum absolute atomic E-state index is 0.140. The van der Waals surface area contributed by atoms with Crippen LogP contribution in [0.1, 0.15) is 83.8 Å². The first-order valence-corrected chi connectivity index (χ1v) is 14.1. The monoisotopic (exact) mass is 411 g/mol. The van der Waals surface area contributed by atoms with Gasteiger partial charge in [0.1, 0.15) is 0 Å². The summed E-state index contributed by atoms with van der Waals surface area (Å²) >= 11 is 0. The Hall–Kier alpha value is -0.950. The number of unbranched alkanes of at least 4 members (excludes halogenated alkanes) is 3. The first-order chi connectivity index (χ1) is 13.3. The molecule has 28 heavy (non-hydrogen) atoms. The van der Waals surface area contributed by atoms with Gasteiger partial charge in [-0.25, -0.2) is 0 Å². The molecule has 1 aromatic carbocycles. The molecular weight excluding hydrogens is 368 g/mol. The van der Waals surface area contributed by atoms with E-state index in [1.165, 1.54) is 69.1 Å². The Morgan fingerprint density at radius 2 is 1.36 bits per heavy atom. The Morgan fingerprint density at radius 3 is 1.71 bits per heavy atom. The summed E-state index contributed by atoms with van der Waals surface area (Å²) in [5.41, 5.74) is 2.56. The number of carbonyl (C=O) groups is 1. The van der Waals surface area contributed by atoms with Gasteiger partial charge in [-0.3, -0.25) is 0 Å². The molecule has 1 amide bonds. The number of rotatable bonds is 13. The number of aryl methyl sites for hydroxylation is 2. The zero-order chi connectivity index (χ0) is 21.2. The van der Waals surface area contributed by atoms with Gasteiger partial charge >= 0.3 is 173 Å². The quantitative estimate of drug-likeness (QED) is 0.339. The van der Waals surface area contributed by atoms with E-state index in [1.54, 1.807) is 0 Å². The Labute approximate surface area is 173 Å². The molecule has 1 aromatic rings. The maximum absolute atomic E-state index is 13.7. The standard InChI is InChI=1S/C24H43FNOP/c1-7-11-14-28(15-12-8-2,16-13-9-3)22(10-4)24(27)26-23-19(5)17-21(25)18-20(23)6/h17-18,22,28H,7-16H2,1-6H3,(H,26,27). The minimum atomic E-state index is -1.74. The molecule has 0 aliphatic carbocycles. The Morgan fingerprint density at radius 1 is 0.929 bits per heavy atom. The summed E-state index contributed by atoms with van der Waals surface area (Å²) < 4.78 is 13.7. The summed E-state index contributed by atoms with van der Waals surface area (Å²) in [6.45, 7) is 12.7. The molecule has 1 atom stereocenters. The number of amides is 1. The average molecular weight is 412 g/mol. The summed E-state index contributed by atoms with van der Waals surface area (Å²) in [5.74, 6) is -0.0621. The molecule has 4 heteroatoms. The van der Waals surface area contributed by atoms with Crippen LogP contribution in [0.3, 0.4) is 0 Å².